The zero-order valence-corrected chi connectivity index (χ0v) is 28.5. The summed E-state index contributed by atoms with van der Waals surface area (Å²) < 4.78 is 28.2. The molecule has 13 nitrogen and oxygen atoms in total. The summed E-state index contributed by atoms with van der Waals surface area (Å²) in [5.74, 6) is 8.13. The Morgan fingerprint density at radius 2 is 1.83 bits per heavy atom. The van der Waals surface area contributed by atoms with Gasteiger partial charge in [-0.05, 0) is 84.0 Å². The van der Waals surface area contributed by atoms with E-state index in [1.54, 1.807) is 24.7 Å². The molecule has 2 aliphatic carbocycles. The fraction of sp³-hybridized carbons (Fsp3) is 0.500. The van der Waals surface area contributed by atoms with Crippen LogP contribution in [0.3, 0.4) is 0 Å². The van der Waals surface area contributed by atoms with Gasteiger partial charge in [-0.25, -0.2) is 23.4 Å². The second-order valence-electron chi connectivity index (χ2n) is 14.1. The van der Waals surface area contributed by atoms with Crippen molar-refractivity contribution in [2.45, 2.75) is 69.3 Å². The van der Waals surface area contributed by atoms with E-state index in [-0.39, 0.29) is 10.7 Å². The van der Waals surface area contributed by atoms with Gasteiger partial charge in [0.15, 0.2) is 5.82 Å². The Morgan fingerprint density at radius 1 is 1.04 bits per heavy atom. The summed E-state index contributed by atoms with van der Waals surface area (Å²) >= 11 is 0. The summed E-state index contributed by atoms with van der Waals surface area (Å²) in [6.45, 7) is 5.50. The molecule has 1 aliphatic heterocycles. The van der Waals surface area contributed by atoms with Crippen molar-refractivity contribution in [3.63, 3.8) is 0 Å². The number of aromatic nitrogens is 7. The Hall–Kier alpha value is -4.32. The van der Waals surface area contributed by atoms with Crippen LogP contribution in [0.25, 0.3) is 11.4 Å². The largest absolute Gasteiger partial charge is 0.390 e. The Kier molecular flexibility index (Phi) is 8.47. The smallest absolute Gasteiger partial charge is 0.256 e. The number of hydrogen-bond acceptors (Lipinski definition) is 11. The summed E-state index contributed by atoms with van der Waals surface area (Å²) in [4.78, 5) is 18.2. The molecule has 5 heterocycles. The summed E-state index contributed by atoms with van der Waals surface area (Å²) in [5, 5.41) is 21.9. The third-order valence-electron chi connectivity index (χ3n) is 9.46. The highest BCUT2D eigenvalue weighted by Crippen LogP contribution is 2.54. The van der Waals surface area contributed by atoms with Crippen molar-refractivity contribution in [2.24, 2.45) is 5.41 Å². The molecule has 2 N–H and O–H groups in total. The molecule has 48 heavy (non-hydrogen) atoms. The van der Waals surface area contributed by atoms with Crippen LogP contribution in [0.5, 0.6) is 0 Å². The molecule has 7 rings (SSSR count). The van der Waals surface area contributed by atoms with E-state index in [4.69, 9.17) is 0 Å². The van der Waals surface area contributed by atoms with Gasteiger partial charge in [-0.15, -0.1) is 0 Å². The van der Waals surface area contributed by atoms with E-state index in [9.17, 15) is 13.5 Å². The lowest BCUT2D eigenvalue weighted by molar-refractivity contribution is -0.124. The van der Waals surface area contributed by atoms with Crippen LogP contribution in [0, 0.1) is 17.3 Å². The molecule has 3 fully saturated rings. The number of anilines is 3. The lowest BCUT2D eigenvalue weighted by Crippen LogP contribution is -2.54. The lowest BCUT2D eigenvalue weighted by Gasteiger charge is -2.55. The maximum atomic E-state index is 12.6. The van der Waals surface area contributed by atoms with Crippen LogP contribution in [-0.4, -0.2) is 96.9 Å². The molecule has 252 valence electrons. The Balaban J connectivity index is 1.11. The van der Waals surface area contributed by atoms with Gasteiger partial charge in [0.2, 0.25) is 0 Å². The molecule has 0 atom stereocenters. The molecule has 1 spiro atoms. The first-order valence-corrected chi connectivity index (χ1v) is 18.0. The topological polar surface area (TPSA) is 147 Å². The van der Waals surface area contributed by atoms with E-state index in [2.05, 4.69) is 66.2 Å². The number of rotatable bonds is 10. The van der Waals surface area contributed by atoms with Crippen LogP contribution >= 0.6 is 0 Å². The zero-order valence-electron chi connectivity index (χ0n) is 27.7. The average molecular weight is 671 g/mol. The molecule has 0 bridgehead atoms. The SMILES string of the molecule is CN(C)CCCn1cc(C#Cc2cnc(Nc3ccnc(-c4cnn(S(=O)(=O)C5CC5)c4)n3)cc2N2CCC3(CC2)CC(C)(O)C3)cn1. The minimum Gasteiger partial charge on any atom is -0.390 e. The Morgan fingerprint density at radius 3 is 2.56 bits per heavy atom. The van der Waals surface area contributed by atoms with Crippen LogP contribution in [0.4, 0.5) is 17.3 Å². The average Bonchev–Trinajstić information content (AvgIpc) is 3.61. The number of nitrogens with zero attached hydrogens (tertiary/aromatic N) is 9. The van der Waals surface area contributed by atoms with Gasteiger partial charge in [-0.2, -0.15) is 14.3 Å². The molecule has 4 aromatic heterocycles. The van der Waals surface area contributed by atoms with Crippen LogP contribution in [0.1, 0.15) is 63.0 Å². The Bertz CT molecular complexity index is 1950. The van der Waals surface area contributed by atoms with Crippen molar-refractivity contribution in [3.8, 4) is 23.2 Å². The molecular weight excluding hydrogens is 629 g/mol. The van der Waals surface area contributed by atoms with Gasteiger partial charge in [0.1, 0.15) is 11.6 Å². The Labute approximate surface area is 281 Å². The normalized spacial score (nSPS) is 18.4. The molecule has 0 unspecified atom stereocenters. The second-order valence-corrected chi connectivity index (χ2v) is 16.1. The summed E-state index contributed by atoms with van der Waals surface area (Å²) in [6.07, 6.45) is 16.2. The number of hydrogen-bond donors (Lipinski definition) is 2. The fourth-order valence-corrected chi connectivity index (χ4v) is 8.50. The summed E-state index contributed by atoms with van der Waals surface area (Å²) in [5.41, 5.74) is 2.84. The third kappa shape index (κ3) is 7.08. The minimum absolute atomic E-state index is 0.213. The van der Waals surface area contributed by atoms with E-state index in [0.29, 0.717) is 35.9 Å². The first-order valence-electron chi connectivity index (χ1n) is 16.5. The van der Waals surface area contributed by atoms with Crippen molar-refractivity contribution in [1.29, 1.82) is 0 Å². The van der Waals surface area contributed by atoms with Crippen LogP contribution in [-0.2, 0) is 16.6 Å². The van der Waals surface area contributed by atoms with Crippen molar-refractivity contribution in [3.05, 3.63) is 60.4 Å². The molecule has 2 saturated carbocycles. The van der Waals surface area contributed by atoms with E-state index in [1.165, 1.54) is 12.4 Å². The molecule has 1 saturated heterocycles. The molecule has 4 aromatic rings. The number of nitrogens with one attached hydrogen (secondary N) is 1. The number of aliphatic hydroxyl groups is 1. The molecule has 0 amide bonds. The monoisotopic (exact) mass is 670 g/mol. The van der Waals surface area contributed by atoms with Crippen molar-refractivity contribution in [2.75, 3.05) is 43.9 Å². The highest BCUT2D eigenvalue weighted by Gasteiger charge is 2.51. The maximum absolute atomic E-state index is 12.6. The van der Waals surface area contributed by atoms with Crippen LogP contribution < -0.4 is 10.2 Å². The van der Waals surface area contributed by atoms with Crippen molar-refractivity contribution < 1.29 is 13.5 Å². The first kappa shape index (κ1) is 32.2. The number of piperidine rings is 1. The second kappa shape index (κ2) is 12.6. The third-order valence-corrected chi connectivity index (χ3v) is 11.5. The number of pyridine rings is 1. The van der Waals surface area contributed by atoms with Gasteiger partial charge in [-0.1, -0.05) is 11.8 Å². The first-order chi connectivity index (χ1) is 23.0. The highest BCUT2D eigenvalue weighted by molar-refractivity contribution is 7.90. The molecular formula is C34H42N10O3S. The van der Waals surface area contributed by atoms with E-state index in [1.807, 2.05) is 23.9 Å². The summed E-state index contributed by atoms with van der Waals surface area (Å²) in [6, 6.07) is 3.75. The highest BCUT2D eigenvalue weighted by atomic mass is 32.2. The van der Waals surface area contributed by atoms with Gasteiger partial charge in [-0.3, -0.25) is 4.68 Å². The molecule has 0 radical (unpaired) electrons. The van der Waals surface area contributed by atoms with Gasteiger partial charge in [0, 0.05) is 44.3 Å². The van der Waals surface area contributed by atoms with Crippen LogP contribution in [0.2, 0.25) is 0 Å². The molecule has 3 aliphatic rings. The van der Waals surface area contributed by atoms with Crippen LogP contribution in [0.15, 0.2) is 49.3 Å². The van der Waals surface area contributed by atoms with Gasteiger partial charge < -0.3 is 20.2 Å². The standard InChI is InChI=1S/C34H42N10O3S/c1-33(45)23-34(24-33)10-15-42(16-11-34)29-17-31(36-19-26(29)6-5-25-18-37-43(21-25)14-4-13-41(2)3)39-30-9-12-35-32(40-30)27-20-38-44(22-27)48(46,47)28-7-8-28/h9,12,17-22,28,45H,4,7-8,10-11,13-16,23-24H2,1-3H3,(H,35,36,39,40). The van der Waals surface area contributed by atoms with Crippen molar-refractivity contribution in [1.82, 2.24) is 38.8 Å². The number of aryl methyl sites for hydroxylation is 1. The van der Waals surface area contributed by atoms with Crippen molar-refractivity contribution >= 4 is 27.3 Å². The predicted octanol–water partition coefficient (Wildman–Crippen LogP) is 3.50. The molecule has 14 heteroatoms. The fourth-order valence-electron chi connectivity index (χ4n) is 7.03. The summed E-state index contributed by atoms with van der Waals surface area (Å²) in [7, 11) is 0.654. The van der Waals surface area contributed by atoms with Gasteiger partial charge in [0.25, 0.3) is 10.0 Å². The predicted molar refractivity (Wildman–Crippen MR) is 183 cm³/mol. The van der Waals surface area contributed by atoms with Gasteiger partial charge in [0.05, 0.1) is 51.8 Å². The van der Waals surface area contributed by atoms with E-state index >= 15 is 0 Å². The zero-order chi connectivity index (χ0) is 33.5. The molecule has 0 aromatic carbocycles. The van der Waals surface area contributed by atoms with E-state index in [0.717, 1.165) is 79.2 Å². The van der Waals surface area contributed by atoms with Gasteiger partial charge >= 0.3 is 0 Å². The van der Waals surface area contributed by atoms with E-state index < -0.39 is 15.6 Å². The minimum atomic E-state index is -3.48. The lowest BCUT2D eigenvalue weighted by atomic mass is 9.56. The quantitative estimate of drug-likeness (QED) is 0.239. The maximum Gasteiger partial charge on any atom is 0.256 e.